The Hall–Kier alpha value is -3.73. The Morgan fingerprint density at radius 1 is 1.00 bits per heavy atom. The van der Waals surface area contributed by atoms with Crippen LogP contribution in [0.2, 0.25) is 0 Å². The Morgan fingerprint density at radius 2 is 1.70 bits per heavy atom. The van der Waals surface area contributed by atoms with Crippen molar-refractivity contribution in [2.75, 3.05) is 26.3 Å². The second-order valence-corrected chi connectivity index (χ2v) is 7.37. The highest BCUT2D eigenvalue weighted by Gasteiger charge is 2.31. The van der Waals surface area contributed by atoms with Crippen LogP contribution in [-0.2, 0) is 17.5 Å². The molecule has 8 nitrogen and oxygen atoms in total. The van der Waals surface area contributed by atoms with Gasteiger partial charge in [0.25, 0.3) is 11.5 Å². The molecule has 3 aromatic rings. The van der Waals surface area contributed by atoms with Crippen molar-refractivity contribution >= 4 is 5.91 Å². The van der Waals surface area contributed by atoms with Gasteiger partial charge in [0.1, 0.15) is 0 Å². The van der Waals surface area contributed by atoms with Gasteiger partial charge in [-0.25, -0.2) is 4.79 Å². The Morgan fingerprint density at radius 3 is 2.36 bits per heavy atom. The number of amides is 1. The van der Waals surface area contributed by atoms with Gasteiger partial charge in [-0.3, -0.25) is 14.2 Å². The smallest absolute Gasteiger partial charge is 0.378 e. The van der Waals surface area contributed by atoms with Gasteiger partial charge < -0.3 is 9.64 Å². The molecule has 0 aliphatic carbocycles. The van der Waals surface area contributed by atoms with Gasteiger partial charge in [0, 0.05) is 13.1 Å². The number of hydrogen-bond donors (Lipinski definition) is 0. The number of hydrogen-bond acceptors (Lipinski definition) is 5. The van der Waals surface area contributed by atoms with Crippen LogP contribution in [0.3, 0.4) is 0 Å². The minimum absolute atomic E-state index is 0.0830. The minimum atomic E-state index is -4.58. The number of nitrogens with zero attached hydrogens (tertiary/aromatic N) is 4. The molecular formula is C22H19F3N4O4. The number of carbonyl (C=O) groups is 1. The first-order valence-electron chi connectivity index (χ1n) is 10.1. The normalized spacial score (nSPS) is 14.3. The van der Waals surface area contributed by atoms with Crippen molar-refractivity contribution in [3.05, 3.63) is 92.3 Å². The van der Waals surface area contributed by atoms with Gasteiger partial charge in [-0.1, -0.05) is 30.3 Å². The minimum Gasteiger partial charge on any atom is -0.378 e. The number of morpholine rings is 1. The van der Waals surface area contributed by atoms with Gasteiger partial charge in [0.15, 0.2) is 0 Å². The quantitative estimate of drug-likeness (QED) is 0.594. The van der Waals surface area contributed by atoms with E-state index < -0.39 is 41.1 Å². The van der Waals surface area contributed by atoms with Gasteiger partial charge in [-0.15, -0.1) is 0 Å². The number of aromatic nitrogens is 3. The van der Waals surface area contributed by atoms with Gasteiger partial charge in [-0.2, -0.15) is 23.0 Å². The van der Waals surface area contributed by atoms with Crippen LogP contribution in [0.15, 0.2) is 64.2 Å². The summed E-state index contributed by atoms with van der Waals surface area (Å²) in [5.74, 6) is -0.675. The van der Waals surface area contributed by atoms with E-state index in [2.05, 4.69) is 5.10 Å². The van der Waals surface area contributed by atoms with E-state index in [-0.39, 0.29) is 18.7 Å². The zero-order chi connectivity index (χ0) is 23.6. The Labute approximate surface area is 185 Å². The third kappa shape index (κ3) is 4.72. The summed E-state index contributed by atoms with van der Waals surface area (Å²) in [7, 11) is 0. The molecule has 1 fully saturated rings. The molecule has 0 radical (unpaired) electrons. The van der Waals surface area contributed by atoms with Gasteiger partial charge >= 0.3 is 11.9 Å². The molecule has 172 valence electrons. The Balaban J connectivity index is 1.84. The van der Waals surface area contributed by atoms with E-state index in [1.165, 1.54) is 17.0 Å². The summed E-state index contributed by atoms with van der Waals surface area (Å²) in [6.45, 7) is 0.626. The molecule has 0 saturated carbocycles. The lowest BCUT2D eigenvalue weighted by Crippen LogP contribution is -2.48. The number of rotatable bonds is 4. The number of carbonyl (C=O) groups excluding carboxylic acids is 1. The molecule has 1 saturated heterocycles. The summed E-state index contributed by atoms with van der Waals surface area (Å²) in [5, 5.41) is 4.04. The van der Waals surface area contributed by atoms with Crippen LogP contribution in [-0.4, -0.2) is 51.5 Å². The first kappa shape index (κ1) is 22.5. The van der Waals surface area contributed by atoms with Crippen molar-refractivity contribution in [2.24, 2.45) is 0 Å². The van der Waals surface area contributed by atoms with Gasteiger partial charge in [0.2, 0.25) is 5.69 Å². The average molecular weight is 460 g/mol. The molecule has 4 rings (SSSR count). The van der Waals surface area contributed by atoms with Gasteiger partial charge in [0.05, 0.1) is 31.0 Å². The maximum Gasteiger partial charge on any atom is 0.416 e. The summed E-state index contributed by atoms with van der Waals surface area (Å²) in [5.41, 5.74) is -2.86. The summed E-state index contributed by atoms with van der Waals surface area (Å²) in [4.78, 5) is 40.7. The van der Waals surface area contributed by atoms with Crippen molar-refractivity contribution in [3.8, 4) is 5.69 Å². The number of halogens is 3. The fourth-order valence-corrected chi connectivity index (χ4v) is 3.47. The number of para-hydroxylation sites is 1. The lowest BCUT2D eigenvalue weighted by Gasteiger charge is -2.26. The van der Waals surface area contributed by atoms with Crippen LogP contribution in [0.5, 0.6) is 0 Å². The maximum absolute atomic E-state index is 13.1. The van der Waals surface area contributed by atoms with Crippen LogP contribution in [0.1, 0.15) is 21.6 Å². The average Bonchev–Trinajstić information content (AvgIpc) is 2.82. The third-order valence-corrected chi connectivity index (χ3v) is 5.16. The maximum atomic E-state index is 13.1. The second kappa shape index (κ2) is 9.02. The number of ether oxygens (including phenoxy) is 1. The monoisotopic (exact) mass is 460 g/mol. The molecule has 1 amide bonds. The third-order valence-electron chi connectivity index (χ3n) is 5.16. The first-order chi connectivity index (χ1) is 15.8. The van der Waals surface area contributed by atoms with Gasteiger partial charge in [-0.05, 0) is 29.8 Å². The molecule has 11 heteroatoms. The summed E-state index contributed by atoms with van der Waals surface area (Å²) >= 11 is 0. The van der Waals surface area contributed by atoms with E-state index in [1.54, 1.807) is 30.3 Å². The number of benzene rings is 2. The number of alkyl halides is 3. The van der Waals surface area contributed by atoms with E-state index in [9.17, 15) is 27.6 Å². The van der Waals surface area contributed by atoms with Crippen LogP contribution < -0.4 is 11.2 Å². The van der Waals surface area contributed by atoms with Crippen LogP contribution in [0.4, 0.5) is 13.2 Å². The molecule has 1 aliphatic heterocycles. The molecule has 1 aliphatic rings. The predicted octanol–water partition coefficient (Wildman–Crippen LogP) is 1.93. The molecule has 0 spiro atoms. The molecule has 0 N–H and O–H groups in total. The van der Waals surface area contributed by atoms with Crippen LogP contribution >= 0.6 is 0 Å². The molecule has 1 aromatic heterocycles. The Kier molecular flexibility index (Phi) is 6.14. The van der Waals surface area contributed by atoms with Crippen molar-refractivity contribution in [2.45, 2.75) is 12.7 Å². The van der Waals surface area contributed by atoms with Crippen molar-refractivity contribution in [1.29, 1.82) is 0 Å². The highest BCUT2D eigenvalue weighted by molar-refractivity contribution is 5.91. The fraction of sp³-hybridized carbons (Fsp3) is 0.273. The summed E-state index contributed by atoms with van der Waals surface area (Å²) in [6, 6.07) is 12.5. The topological polar surface area (TPSA) is 86.4 Å². The molecule has 2 heterocycles. The molecule has 0 bridgehead atoms. The van der Waals surface area contributed by atoms with E-state index in [0.717, 1.165) is 21.4 Å². The summed E-state index contributed by atoms with van der Waals surface area (Å²) < 4.78 is 46.2. The first-order valence-corrected chi connectivity index (χ1v) is 10.1. The standard InChI is InChI=1S/C22H19F3N4O4/c23-22(24,25)16-6-4-5-15(13-16)14-28-20(31)18(19(30)27-9-11-33-12-10-27)26-29(21(28)32)17-7-2-1-3-8-17/h1-8,13H,9-12,14H2. The van der Waals surface area contributed by atoms with E-state index in [1.807, 2.05) is 0 Å². The van der Waals surface area contributed by atoms with Crippen LogP contribution in [0, 0.1) is 0 Å². The second-order valence-electron chi connectivity index (χ2n) is 7.37. The SMILES string of the molecule is O=C(c1nn(-c2ccccc2)c(=O)n(Cc2cccc(C(F)(F)F)c2)c1=O)N1CCOCC1. The molecule has 2 aromatic carbocycles. The Bertz CT molecular complexity index is 1280. The van der Waals surface area contributed by atoms with Crippen molar-refractivity contribution in [1.82, 2.24) is 19.2 Å². The molecule has 33 heavy (non-hydrogen) atoms. The zero-order valence-corrected chi connectivity index (χ0v) is 17.3. The molecular weight excluding hydrogens is 441 g/mol. The van der Waals surface area contributed by atoms with Crippen LogP contribution in [0.25, 0.3) is 5.69 Å². The summed E-state index contributed by atoms with van der Waals surface area (Å²) in [6.07, 6.45) is -4.58. The molecule has 0 atom stereocenters. The lowest BCUT2D eigenvalue weighted by molar-refractivity contribution is -0.137. The predicted molar refractivity (Wildman–Crippen MR) is 111 cm³/mol. The van der Waals surface area contributed by atoms with E-state index >= 15 is 0 Å². The lowest BCUT2D eigenvalue weighted by atomic mass is 10.1. The highest BCUT2D eigenvalue weighted by Crippen LogP contribution is 2.29. The highest BCUT2D eigenvalue weighted by atomic mass is 19.4. The van der Waals surface area contributed by atoms with Crippen molar-refractivity contribution < 1.29 is 22.7 Å². The zero-order valence-electron chi connectivity index (χ0n) is 17.3. The van der Waals surface area contributed by atoms with E-state index in [0.29, 0.717) is 18.9 Å². The molecule has 0 unspecified atom stereocenters. The van der Waals surface area contributed by atoms with E-state index in [4.69, 9.17) is 4.74 Å². The fourth-order valence-electron chi connectivity index (χ4n) is 3.47. The largest absolute Gasteiger partial charge is 0.416 e. The van der Waals surface area contributed by atoms with Crippen molar-refractivity contribution in [3.63, 3.8) is 0 Å².